The normalized spacial score (nSPS) is 25.6. The Balaban J connectivity index is 2.03. The van der Waals surface area contributed by atoms with Crippen molar-refractivity contribution in [3.8, 4) is 5.75 Å². The maximum Gasteiger partial charge on any atom is 0.115 e. The maximum atomic E-state index is 9.46. The lowest BCUT2D eigenvalue weighted by Gasteiger charge is -2.30. The van der Waals surface area contributed by atoms with Crippen molar-refractivity contribution in [3.05, 3.63) is 29.8 Å². The molecule has 0 aromatic heterocycles. The Bertz CT molecular complexity index is 338. The Morgan fingerprint density at radius 1 is 1.50 bits per heavy atom. The predicted molar refractivity (Wildman–Crippen MR) is 63.5 cm³/mol. The highest BCUT2D eigenvalue weighted by Gasteiger charge is 2.22. The maximum absolute atomic E-state index is 9.46. The van der Waals surface area contributed by atoms with Gasteiger partial charge in [0.25, 0.3) is 0 Å². The summed E-state index contributed by atoms with van der Waals surface area (Å²) in [6, 6.07) is 7.85. The highest BCUT2D eigenvalue weighted by atomic mass is 16.5. The summed E-state index contributed by atoms with van der Waals surface area (Å²) in [5, 5.41) is 12.9. The first-order valence-corrected chi connectivity index (χ1v) is 5.81. The van der Waals surface area contributed by atoms with E-state index in [2.05, 4.69) is 11.4 Å². The molecule has 0 radical (unpaired) electrons. The Morgan fingerprint density at radius 3 is 3.12 bits per heavy atom. The second kappa shape index (κ2) is 5.32. The molecule has 1 aliphatic rings. The molecule has 0 saturated carbocycles. The zero-order valence-corrected chi connectivity index (χ0v) is 9.65. The minimum atomic E-state index is 0.341. The third-order valence-corrected chi connectivity index (χ3v) is 3.19. The van der Waals surface area contributed by atoms with Crippen molar-refractivity contribution < 1.29 is 9.84 Å². The number of piperidine rings is 1. The molecule has 16 heavy (non-hydrogen) atoms. The van der Waals surface area contributed by atoms with E-state index in [0.717, 1.165) is 19.6 Å². The lowest BCUT2D eigenvalue weighted by atomic mass is 9.89. The van der Waals surface area contributed by atoms with Crippen LogP contribution in [0.15, 0.2) is 24.3 Å². The summed E-state index contributed by atoms with van der Waals surface area (Å²) in [6.07, 6.45) is 2.25. The van der Waals surface area contributed by atoms with Crippen LogP contribution < -0.4 is 5.32 Å². The molecule has 3 nitrogen and oxygen atoms in total. The van der Waals surface area contributed by atoms with Gasteiger partial charge in [0, 0.05) is 19.8 Å². The van der Waals surface area contributed by atoms with Crippen LogP contribution in [0.5, 0.6) is 5.75 Å². The van der Waals surface area contributed by atoms with Gasteiger partial charge in [0.2, 0.25) is 0 Å². The van der Waals surface area contributed by atoms with Crippen molar-refractivity contribution in [1.82, 2.24) is 5.32 Å². The molecule has 88 valence electrons. The molecule has 2 unspecified atom stereocenters. The molecule has 2 N–H and O–H groups in total. The van der Waals surface area contributed by atoms with Crippen LogP contribution in [0.1, 0.15) is 24.4 Å². The Labute approximate surface area is 96.4 Å². The Hall–Kier alpha value is -1.06. The lowest BCUT2D eigenvalue weighted by Crippen LogP contribution is -2.33. The van der Waals surface area contributed by atoms with Crippen LogP contribution >= 0.6 is 0 Å². The zero-order valence-electron chi connectivity index (χ0n) is 9.65. The van der Waals surface area contributed by atoms with Crippen LogP contribution in [0.2, 0.25) is 0 Å². The van der Waals surface area contributed by atoms with Gasteiger partial charge >= 0.3 is 0 Å². The van der Waals surface area contributed by atoms with Crippen molar-refractivity contribution in [2.24, 2.45) is 5.92 Å². The van der Waals surface area contributed by atoms with Crippen LogP contribution in [0, 0.1) is 5.92 Å². The molecule has 0 amide bonds. The summed E-state index contributed by atoms with van der Waals surface area (Å²) in [4.78, 5) is 0. The quantitative estimate of drug-likeness (QED) is 0.821. The predicted octanol–water partition coefficient (Wildman–Crippen LogP) is 2.08. The molecule has 1 aromatic rings. The monoisotopic (exact) mass is 221 g/mol. The molecule has 1 aromatic carbocycles. The number of methoxy groups -OCH3 is 1. The van der Waals surface area contributed by atoms with Gasteiger partial charge in [0.15, 0.2) is 0 Å². The van der Waals surface area contributed by atoms with Gasteiger partial charge in [-0.15, -0.1) is 0 Å². The second-order valence-electron chi connectivity index (χ2n) is 4.45. The summed E-state index contributed by atoms with van der Waals surface area (Å²) in [5.41, 5.74) is 1.17. The number of hydrogen-bond acceptors (Lipinski definition) is 3. The minimum Gasteiger partial charge on any atom is -0.508 e. The lowest BCUT2D eigenvalue weighted by molar-refractivity contribution is 0.124. The van der Waals surface area contributed by atoms with E-state index in [9.17, 15) is 5.11 Å². The van der Waals surface area contributed by atoms with E-state index in [4.69, 9.17) is 4.74 Å². The van der Waals surface area contributed by atoms with Crippen molar-refractivity contribution in [1.29, 1.82) is 0 Å². The molecule has 0 spiro atoms. The van der Waals surface area contributed by atoms with E-state index in [-0.39, 0.29) is 0 Å². The summed E-state index contributed by atoms with van der Waals surface area (Å²) in [6.45, 7) is 1.85. The molecule has 2 atom stereocenters. The van der Waals surface area contributed by atoms with E-state index in [0.29, 0.717) is 17.7 Å². The van der Waals surface area contributed by atoms with E-state index >= 15 is 0 Å². The number of phenolic OH excluding ortho intramolecular Hbond substituents is 1. The van der Waals surface area contributed by atoms with Crippen LogP contribution in [0.25, 0.3) is 0 Å². The summed E-state index contributed by atoms with van der Waals surface area (Å²) < 4.78 is 5.21. The van der Waals surface area contributed by atoms with Crippen molar-refractivity contribution in [2.75, 3.05) is 20.3 Å². The fourth-order valence-corrected chi connectivity index (χ4v) is 2.38. The molecule has 1 aliphatic heterocycles. The molecule has 3 heteroatoms. The Kier molecular flexibility index (Phi) is 3.80. The minimum absolute atomic E-state index is 0.341. The highest BCUT2D eigenvalue weighted by Crippen LogP contribution is 2.28. The summed E-state index contributed by atoms with van der Waals surface area (Å²) in [7, 11) is 1.76. The van der Waals surface area contributed by atoms with Gasteiger partial charge in [-0.3, -0.25) is 0 Å². The van der Waals surface area contributed by atoms with Gasteiger partial charge in [-0.2, -0.15) is 0 Å². The van der Waals surface area contributed by atoms with Gasteiger partial charge in [0.05, 0.1) is 0 Å². The summed E-state index contributed by atoms with van der Waals surface area (Å²) in [5.74, 6) is 0.965. The van der Waals surface area contributed by atoms with E-state index in [1.54, 1.807) is 13.2 Å². The fourth-order valence-electron chi connectivity index (χ4n) is 2.38. The molecule has 0 aliphatic carbocycles. The first-order valence-electron chi connectivity index (χ1n) is 5.81. The van der Waals surface area contributed by atoms with Crippen molar-refractivity contribution in [2.45, 2.75) is 18.9 Å². The third-order valence-electron chi connectivity index (χ3n) is 3.19. The van der Waals surface area contributed by atoms with Crippen LogP contribution in [0.3, 0.4) is 0 Å². The standard InChI is InChI=1S/C13H19NO2/c1-16-9-10-5-6-14-13(7-10)11-3-2-4-12(15)8-11/h2-4,8,10,13-15H,5-7,9H2,1H3. The van der Waals surface area contributed by atoms with Gasteiger partial charge in [-0.05, 0) is 43.0 Å². The Morgan fingerprint density at radius 2 is 2.38 bits per heavy atom. The number of nitrogens with one attached hydrogen (secondary N) is 1. The highest BCUT2D eigenvalue weighted by molar-refractivity contribution is 5.29. The molecule has 1 fully saturated rings. The second-order valence-corrected chi connectivity index (χ2v) is 4.45. The first kappa shape index (κ1) is 11.4. The molecular formula is C13H19NO2. The van der Waals surface area contributed by atoms with Gasteiger partial charge in [-0.25, -0.2) is 0 Å². The number of benzene rings is 1. The third kappa shape index (κ3) is 2.74. The number of hydrogen-bond donors (Lipinski definition) is 2. The summed E-state index contributed by atoms with van der Waals surface area (Å²) >= 11 is 0. The smallest absolute Gasteiger partial charge is 0.115 e. The van der Waals surface area contributed by atoms with Crippen LogP contribution in [-0.2, 0) is 4.74 Å². The van der Waals surface area contributed by atoms with E-state index in [1.807, 2.05) is 12.1 Å². The average Bonchev–Trinajstić information content (AvgIpc) is 2.30. The largest absolute Gasteiger partial charge is 0.508 e. The zero-order chi connectivity index (χ0) is 11.4. The molecule has 2 rings (SSSR count). The van der Waals surface area contributed by atoms with E-state index in [1.165, 1.54) is 12.0 Å². The van der Waals surface area contributed by atoms with Gasteiger partial charge in [0.1, 0.15) is 5.75 Å². The number of aromatic hydroxyl groups is 1. The van der Waals surface area contributed by atoms with Crippen LogP contribution in [0.4, 0.5) is 0 Å². The van der Waals surface area contributed by atoms with Gasteiger partial charge in [-0.1, -0.05) is 12.1 Å². The first-order chi connectivity index (χ1) is 7.79. The molecular weight excluding hydrogens is 202 g/mol. The van der Waals surface area contributed by atoms with Crippen molar-refractivity contribution in [3.63, 3.8) is 0 Å². The molecule has 1 saturated heterocycles. The van der Waals surface area contributed by atoms with Gasteiger partial charge < -0.3 is 15.2 Å². The topological polar surface area (TPSA) is 41.5 Å². The SMILES string of the molecule is COCC1CCNC(c2cccc(O)c2)C1. The van der Waals surface area contributed by atoms with Crippen LogP contribution in [-0.4, -0.2) is 25.4 Å². The average molecular weight is 221 g/mol. The molecule has 1 heterocycles. The molecule has 0 bridgehead atoms. The number of phenols is 1. The van der Waals surface area contributed by atoms with Crippen molar-refractivity contribution >= 4 is 0 Å². The fraction of sp³-hybridized carbons (Fsp3) is 0.538. The van der Waals surface area contributed by atoms with E-state index < -0.39 is 0 Å². The number of rotatable bonds is 3. The number of ether oxygens (including phenoxy) is 1.